The van der Waals surface area contributed by atoms with Gasteiger partial charge in [-0.15, -0.1) is 10.2 Å². The molecule has 4 rings (SSSR count). The zero-order valence-corrected chi connectivity index (χ0v) is 19.4. The number of carbonyl (C=O) groups is 2. The Hall–Kier alpha value is -4.05. The molecule has 34 heavy (non-hydrogen) atoms. The van der Waals surface area contributed by atoms with E-state index in [1.54, 1.807) is 43.3 Å². The Balaban J connectivity index is 1.91. The Bertz CT molecular complexity index is 1270. The lowest BCUT2D eigenvalue weighted by Gasteiger charge is -2.23. The number of ketones is 1. The first-order valence-electron chi connectivity index (χ1n) is 10.5. The smallest absolute Gasteiger partial charge is 0.301 e. The number of anilines is 1. The van der Waals surface area contributed by atoms with E-state index in [2.05, 4.69) is 21.8 Å². The Morgan fingerprint density at radius 1 is 1.18 bits per heavy atom. The fourth-order valence-electron chi connectivity index (χ4n) is 3.62. The van der Waals surface area contributed by atoms with Gasteiger partial charge in [0, 0.05) is 18.0 Å². The van der Waals surface area contributed by atoms with E-state index in [-0.39, 0.29) is 23.1 Å². The highest BCUT2D eigenvalue weighted by atomic mass is 32.1. The predicted molar refractivity (Wildman–Crippen MR) is 127 cm³/mol. The maximum Gasteiger partial charge on any atom is 0.301 e. The maximum atomic E-state index is 13.2. The number of aryl methyl sites for hydroxylation is 1. The molecule has 0 spiro atoms. The lowest BCUT2D eigenvalue weighted by molar-refractivity contribution is -0.132. The summed E-state index contributed by atoms with van der Waals surface area (Å²) in [7, 11) is 0. The number of aromatic nitrogens is 3. The van der Waals surface area contributed by atoms with E-state index in [1.807, 2.05) is 6.92 Å². The number of carbonyl (C=O) groups excluding carboxylic acids is 2. The van der Waals surface area contributed by atoms with E-state index in [9.17, 15) is 14.7 Å². The number of benzene rings is 1. The van der Waals surface area contributed by atoms with Crippen molar-refractivity contribution in [1.29, 1.82) is 0 Å². The van der Waals surface area contributed by atoms with Gasteiger partial charge in [0.1, 0.15) is 17.4 Å². The summed E-state index contributed by atoms with van der Waals surface area (Å²) in [5, 5.41) is 20.1. The van der Waals surface area contributed by atoms with Gasteiger partial charge in [0.05, 0.1) is 18.2 Å². The van der Waals surface area contributed by atoms with E-state index >= 15 is 0 Å². The van der Waals surface area contributed by atoms with Crippen LogP contribution in [0.15, 0.2) is 61.0 Å². The number of Topliss-reactive ketones (excluding diaryl/α,β-unsaturated/α-hetero) is 1. The number of aliphatic hydroxyl groups is 1. The van der Waals surface area contributed by atoms with Gasteiger partial charge in [0.15, 0.2) is 11.5 Å². The second-order valence-electron chi connectivity index (χ2n) is 7.25. The molecule has 1 aliphatic heterocycles. The minimum absolute atomic E-state index is 0.0636. The largest absolute Gasteiger partial charge is 0.507 e. The van der Waals surface area contributed by atoms with Crippen molar-refractivity contribution in [1.82, 2.24) is 15.2 Å². The molecule has 2 aromatic heterocycles. The molecule has 10 heteroatoms. The van der Waals surface area contributed by atoms with Gasteiger partial charge in [-0.2, -0.15) is 0 Å². The molecule has 0 aliphatic carbocycles. The van der Waals surface area contributed by atoms with Gasteiger partial charge >= 0.3 is 5.91 Å². The van der Waals surface area contributed by atoms with Crippen LogP contribution in [0.1, 0.15) is 29.1 Å². The van der Waals surface area contributed by atoms with Gasteiger partial charge in [0.2, 0.25) is 5.13 Å². The van der Waals surface area contributed by atoms with Crippen LogP contribution in [-0.4, -0.2) is 45.2 Å². The number of hydrogen-bond donors (Lipinski definition) is 1. The summed E-state index contributed by atoms with van der Waals surface area (Å²) in [6.07, 6.45) is 4.60. The van der Waals surface area contributed by atoms with Gasteiger partial charge in [-0.3, -0.25) is 19.5 Å². The van der Waals surface area contributed by atoms with Crippen LogP contribution in [0.2, 0.25) is 0 Å². The van der Waals surface area contributed by atoms with Crippen molar-refractivity contribution in [3.8, 4) is 11.5 Å². The van der Waals surface area contributed by atoms with E-state index in [0.29, 0.717) is 34.2 Å². The van der Waals surface area contributed by atoms with Crippen molar-refractivity contribution in [2.45, 2.75) is 19.9 Å². The first kappa shape index (κ1) is 23.1. The van der Waals surface area contributed by atoms with Crippen LogP contribution in [0.5, 0.6) is 11.5 Å². The molecular weight excluding hydrogens is 456 g/mol. The molecule has 174 valence electrons. The van der Waals surface area contributed by atoms with Gasteiger partial charge in [-0.1, -0.05) is 30.1 Å². The fourth-order valence-corrected chi connectivity index (χ4v) is 4.34. The van der Waals surface area contributed by atoms with Crippen LogP contribution >= 0.6 is 11.3 Å². The summed E-state index contributed by atoms with van der Waals surface area (Å²) in [6.45, 7) is 7.90. The predicted octanol–water partition coefficient (Wildman–Crippen LogP) is 3.83. The second-order valence-corrected chi connectivity index (χ2v) is 8.41. The Labute approximate surface area is 200 Å². The molecule has 1 unspecified atom stereocenters. The molecule has 3 aromatic rings. The maximum absolute atomic E-state index is 13.2. The third-order valence-electron chi connectivity index (χ3n) is 5.06. The molecule has 0 bridgehead atoms. The standard InChI is InChI=1S/C24H22N4O5S/c1-4-12-33-17-7-6-16(13-18(17)32-5-2)20-19(21(29)15-8-10-25-11-9-15)22(30)23(31)28(20)24-27-26-14(3)34-24/h4,6-11,13,20,29H,1,5,12H2,2-3H3/b21-19+. The second kappa shape index (κ2) is 9.84. The molecule has 3 heterocycles. The third kappa shape index (κ3) is 4.27. The van der Waals surface area contributed by atoms with Gasteiger partial charge in [-0.05, 0) is 43.7 Å². The first-order chi connectivity index (χ1) is 16.5. The molecule has 9 nitrogen and oxygen atoms in total. The molecule has 0 radical (unpaired) electrons. The highest BCUT2D eigenvalue weighted by molar-refractivity contribution is 7.15. The number of rotatable bonds is 8. The van der Waals surface area contributed by atoms with Crippen molar-refractivity contribution in [2.75, 3.05) is 18.1 Å². The first-order valence-corrected chi connectivity index (χ1v) is 11.3. The molecule has 1 aliphatic rings. The Kier molecular flexibility index (Phi) is 6.69. The summed E-state index contributed by atoms with van der Waals surface area (Å²) < 4.78 is 11.4. The zero-order chi connectivity index (χ0) is 24.2. The van der Waals surface area contributed by atoms with E-state index < -0.39 is 17.7 Å². The monoisotopic (exact) mass is 478 g/mol. The summed E-state index contributed by atoms with van der Waals surface area (Å²) >= 11 is 1.18. The minimum Gasteiger partial charge on any atom is -0.507 e. The minimum atomic E-state index is -0.951. The average molecular weight is 479 g/mol. The number of nitrogens with zero attached hydrogens (tertiary/aromatic N) is 4. The van der Waals surface area contributed by atoms with Crippen LogP contribution < -0.4 is 14.4 Å². The lowest BCUT2D eigenvalue weighted by Crippen LogP contribution is -2.29. The number of hydrogen-bond acceptors (Lipinski definition) is 9. The van der Waals surface area contributed by atoms with E-state index in [0.717, 1.165) is 0 Å². The molecule has 1 atom stereocenters. The van der Waals surface area contributed by atoms with Gasteiger partial charge in [0.25, 0.3) is 5.78 Å². The van der Waals surface area contributed by atoms with Crippen molar-refractivity contribution in [3.63, 3.8) is 0 Å². The van der Waals surface area contributed by atoms with Crippen molar-refractivity contribution in [2.24, 2.45) is 0 Å². The molecule has 0 saturated carbocycles. The quantitative estimate of drug-likeness (QED) is 0.225. The van der Waals surface area contributed by atoms with Gasteiger partial charge < -0.3 is 14.6 Å². The molecule has 1 fully saturated rings. The zero-order valence-electron chi connectivity index (χ0n) is 18.6. The highest BCUT2D eigenvalue weighted by Gasteiger charge is 2.48. The summed E-state index contributed by atoms with van der Waals surface area (Å²) in [4.78, 5) is 31.5. The normalized spacial score (nSPS) is 17.1. The summed E-state index contributed by atoms with van der Waals surface area (Å²) in [5.74, 6) is -1.01. The summed E-state index contributed by atoms with van der Waals surface area (Å²) in [6, 6.07) is 7.28. The van der Waals surface area contributed by atoms with Crippen LogP contribution in [0.3, 0.4) is 0 Å². The number of pyridine rings is 1. The van der Waals surface area contributed by atoms with Crippen LogP contribution in [0.25, 0.3) is 5.76 Å². The molecular formula is C24H22N4O5S. The van der Waals surface area contributed by atoms with Crippen LogP contribution in [0, 0.1) is 6.92 Å². The van der Waals surface area contributed by atoms with E-state index in [4.69, 9.17) is 9.47 Å². The molecule has 1 N–H and O–H groups in total. The van der Waals surface area contributed by atoms with Crippen LogP contribution in [-0.2, 0) is 9.59 Å². The number of ether oxygens (including phenoxy) is 2. The van der Waals surface area contributed by atoms with Crippen molar-refractivity contribution in [3.05, 3.63) is 77.1 Å². The lowest BCUT2D eigenvalue weighted by atomic mass is 9.95. The SMILES string of the molecule is C=CCOc1ccc(C2/C(=C(\O)c3ccncc3)C(=O)C(=O)N2c2nnc(C)s2)cc1OCC. The summed E-state index contributed by atoms with van der Waals surface area (Å²) in [5.41, 5.74) is 0.839. The molecule has 1 saturated heterocycles. The Morgan fingerprint density at radius 2 is 1.94 bits per heavy atom. The average Bonchev–Trinajstić information content (AvgIpc) is 3.39. The van der Waals surface area contributed by atoms with E-state index in [1.165, 1.54) is 28.6 Å². The topological polar surface area (TPSA) is 115 Å². The molecule has 1 amide bonds. The van der Waals surface area contributed by atoms with Crippen molar-refractivity contribution >= 4 is 33.9 Å². The molecule has 1 aromatic carbocycles. The third-order valence-corrected chi connectivity index (χ3v) is 5.90. The Morgan fingerprint density at radius 3 is 2.59 bits per heavy atom. The van der Waals surface area contributed by atoms with Crippen molar-refractivity contribution < 1.29 is 24.2 Å². The number of aliphatic hydroxyl groups excluding tert-OH is 1. The van der Waals surface area contributed by atoms with Gasteiger partial charge in [-0.25, -0.2) is 0 Å². The van der Waals surface area contributed by atoms with Crippen LogP contribution in [0.4, 0.5) is 5.13 Å². The highest BCUT2D eigenvalue weighted by Crippen LogP contribution is 2.44. The number of amides is 1. The fraction of sp³-hybridized carbons (Fsp3) is 0.208.